The molecule has 3 aromatic rings. The number of aryl methyl sites for hydroxylation is 2. The average molecular weight is 330 g/mol. The summed E-state index contributed by atoms with van der Waals surface area (Å²) in [6.07, 6.45) is 2.13. The van der Waals surface area contributed by atoms with Crippen LogP contribution in [0.2, 0.25) is 0 Å². The minimum absolute atomic E-state index is 0.212. The van der Waals surface area contributed by atoms with E-state index in [1.807, 2.05) is 6.92 Å². The lowest BCUT2D eigenvalue weighted by Crippen LogP contribution is -2.13. The first-order valence-corrected chi connectivity index (χ1v) is 7.84. The molecule has 5 nitrogen and oxygen atoms in total. The second kappa shape index (κ2) is 6.29. The summed E-state index contributed by atoms with van der Waals surface area (Å²) in [5.74, 6) is 0.163. The third kappa shape index (κ3) is 3.62. The fourth-order valence-electron chi connectivity index (χ4n) is 2.18. The number of thiazole rings is 1. The molecular formula is C16H15FN4OS. The number of hydrogen-bond donors (Lipinski definition) is 1. The Morgan fingerprint density at radius 2 is 2.09 bits per heavy atom. The summed E-state index contributed by atoms with van der Waals surface area (Å²) in [6.45, 7) is 1.86. The van der Waals surface area contributed by atoms with Gasteiger partial charge in [0.1, 0.15) is 16.5 Å². The molecule has 0 aliphatic rings. The predicted molar refractivity (Wildman–Crippen MR) is 87.2 cm³/mol. The van der Waals surface area contributed by atoms with Crippen LogP contribution in [0.15, 0.2) is 36.5 Å². The first-order chi connectivity index (χ1) is 11.0. The molecule has 3 rings (SSSR count). The van der Waals surface area contributed by atoms with Crippen LogP contribution in [0.4, 0.5) is 10.2 Å². The molecule has 0 saturated heterocycles. The van der Waals surface area contributed by atoms with Crippen molar-refractivity contribution in [3.8, 4) is 0 Å². The molecule has 0 atom stereocenters. The van der Waals surface area contributed by atoms with Gasteiger partial charge in [0.15, 0.2) is 0 Å². The van der Waals surface area contributed by atoms with Gasteiger partial charge in [-0.2, -0.15) is 5.10 Å². The summed E-state index contributed by atoms with van der Waals surface area (Å²) in [5.41, 5.74) is 1.79. The molecule has 0 aliphatic carbocycles. The summed E-state index contributed by atoms with van der Waals surface area (Å²) in [5, 5.41) is 7.81. The number of hydrogen-bond acceptors (Lipinski definition) is 4. The van der Waals surface area contributed by atoms with Crippen LogP contribution in [0.25, 0.3) is 0 Å². The second-order valence-corrected chi connectivity index (χ2v) is 6.29. The Kier molecular flexibility index (Phi) is 4.20. The topological polar surface area (TPSA) is 59.8 Å². The molecular weight excluding hydrogens is 315 g/mol. The van der Waals surface area contributed by atoms with Gasteiger partial charge >= 0.3 is 0 Å². The van der Waals surface area contributed by atoms with Crippen molar-refractivity contribution in [3.63, 3.8) is 0 Å². The molecule has 0 saturated carbocycles. The predicted octanol–water partition coefficient (Wildman–Crippen LogP) is 3.17. The van der Waals surface area contributed by atoms with Gasteiger partial charge in [-0.1, -0.05) is 12.1 Å². The van der Waals surface area contributed by atoms with E-state index in [0.717, 1.165) is 16.3 Å². The van der Waals surface area contributed by atoms with Gasteiger partial charge in [-0.15, -0.1) is 11.3 Å². The largest absolute Gasteiger partial charge is 0.306 e. The first-order valence-electron chi connectivity index (χ1n) is 7.02. The molecule has 0 bridgehead atoms. The van der Waals surface area contributed by atoms with Crippen molar-refractivity contribution < 1.29 is 9.18 Å². The second-order valence-electron chi connectivity index (χ2n) is 5.17. The van der Waals surface area contributed by atoms with E-state index in [1.165, 1.54) is 23.5 Å². The van der Waals surface area contributed by atoms with Crippen molar-refractivity contribution in [1.82, 2.24) is 14.8 Å². The van der Waals surface area contributed by atoms with Gasteiger partial charge in [-0.05, 0) is 24.6 Å². The summed E-state index contributed by atoms with van der Waals surface area (Å²) in [4.78, 5) is 17.0. The van der Waals surface area contributed by atoms with Crippen LogP contribution in [0.1, 0.15) is 25.9 Å². The number of nitrogens with zero attached hydrogens (tertiary/aromatic N) is 3. The lowest BCUT2D eigenvalue weighted by atomic mass is 10.2. The van der Waals surface area contributed by atoms with Crippen LogP contribution in [-0.2, 0) is 13.5 Å². The maximum atomic E-state index is 12.9. The zero-order valence-corrected chi connectivity index (χ0v) is 13.5. The normalized spacial score (nSPS) is 10.7. The minimum Gasteiger partial charge on any atom is -0.306 e. The van der Waals surface area contributed by atoms with Crippen molar-refractivity contribution in [2.45, 2.75) is 13.3 Å². The van der Waals surface area contributed by atoms with Crippen molar-refractivity contribution in [2.24, 2.45) is 7.05 Å². The standard InChI is InChI=1S/C16H15FN4OS/c1-10-7-14(21(2)20-10)19-16(22)13-9-18-15(23-13)8-11-3-5-12(17)6-4-11/h3-7,9H,8H2,1-2H3,(H,19,22). The highest BCUT2D eigenvalue weighted by Crippen LogP contribution is 2.19. The van der Waals surface area contributed by atoms with Crippen LogP contribution in [0.5, 0.6) is 0 Å². The van der Waals surface area contributed by atoms with E-state index in [2.05, 4.69) is 15.4 Å². The van der Waals surface area contributed by atoms with E-state index >= 15 is 0 Å². The van der Waals surface area contributed by atoms with Crippen LogP contribution in [0.3, 0.4) is 0 Å². The van der Waals surface area contributed by atoms with Gasteiger partial charge in [0.05, 0.1) is 16.9 Å². The third-order valence-corrected chi connectivity index (χ3v) is 4.29. The van der Waals surface area contributed by atoms with Crippen LogP contribution in [0, 0.1) is 12.7 Å². The summed E-state index contributed by atoms with van der Waals surface area (Å²) < 4.78 is 14.5. The van der Waals surface area contributed by atoms with E-state index in [-0.39, 0.29) is 11.7 Å². The molecule has 118 valence electrons. The van der Waals surface area contributed by atoms with Crippen molar-refractivity contribution in [3.05, 3.63) is 63.5 Å². The van der Waals surface area contributed by atoms with E-state index < -0.39 is 0 Å². The highest BCUT2D eigenvalue weighted by molar-refractivity contribution is 7.13. The Bertz CT molecular complexity index is 838. The Morgan fingerprint density at radius 1 is 1.35 bits per heavy atom. The maximum Gasteiger partial charge on any atom is 0.268 e. The number of aromatic nitrogens is 3. The highest BCUT2D eigenvalue weighted by Gasteiger charge is 2.13. The number of rotatable bonds is 4. The zero-order chi connectivity index (χ0) is 16.4. The van der Waals surface area contributed by atoms with Gasteiger partial charge in [0.25, 0.3) is 5.91 Å². The first kappa shape index (κ1) is 15.4. The smallest absolute Gasteiger partial charge is 0.268 e. The fourth-order valence-corrected chi connectivity index (χ4v) is 3.03. The van der Waals surface area contributed by atoms with Crippen molar-refractivity contribution in [2.75, 3.05) is 5.32 Å². The molecule has 0 unspecified atom stereocenters. The maximum absolute atomic E-state index is 12.9. The van der Waals surface area contributed by atoms with Crippen LogP contribution >= 0.6 is 11.3 Å². The van der Waals surface area contributed by atoms with Gasteiger partial charge in [-0.3, -0.25) is 9.48 Å². The number of carbonyl (C=O) groups is 1. The van der Waals surface area contributed by atoms with Crippen molar-refractivity contribution >= 4 is 23.1 Å². The molecule has 1 N–H and O–H groups in total. The Balaban J connectivity index is 1.69. The lowest BCUT2D eigenvalue weighted by Gasteiger charge is -2.02. The molecule has 1 aromatic carbocycles. The average Bonchev–Trinajstić information content (AvgIpc) is 3.09. The fraction of sp³-hybridized carbons (Fsp3) is 0.188. The number of anilines is 1. The Morgan fingerprint density at radius 3 is 2.74 bits per heavy atom. The molecule has 1 amide bonds. The molecule has 2 aromatic heterocycles. The van der Waals surface area contributed by atoms with Crippen LogP contribution in [-0.4, -0.2) is 20.7 Å². The number of halogens is 1. The highest BCUT2D eigenvalue weighted by atomic mass is 32.1. The van der Waals surface area contributed by atoms with Gasteiger partial charge in [0, 0.05) is 19.5 Å². The Labute approximate surface area is 136 Å². The molecule has 0 aliphatic heterocycles. The lowest BCUT2D eigenvalue weighted by molar-refractivity contribution is 0.102. The molecule has 0 fully saturated rings. The summed E-state index contributed by atoms with van der Waals surface area (Å²) in [6, 6.07) is 8.07. The van der Waals surface area contributed by atoms with Gasteiger partial charge in [0.2, 0.25) is 0 Å². The number of benzene rings is 1. The zero-order valence-electron chi connectivity index (χ0n) is 12.7. The number of amides is 1. The summed E-state index contributed by atoms with van der Waals surface area (Å²) in [7, 11) is 1.77. The minimum atomic E-state index is -0.264. The third-order valence-electron chi connectivity index (χ3n) is 3.29. The van der Waals surface area contributed by atoms with Gasteiger partial charge < -0.3 is 5.32 Å². The molecule has 23 heavy (non-hydrogen) atoms. The SMILES string of the molecule is Cc1cc(NC(=O)c2cnc(Cc3ccc(F)cc3)s2)n(C)n1. The van der Waals surface area contributed by atoms with Crippen molar-refractivity contribution in [1.29, 1.82) is 0 Å². The molecule has 0 radical (unpaired) electrons. The molecule has 2 heterocycles. The van der Waals surface area contributed by atoms with Gasteiger partial charge in [-0.25, -0.2) is 9.37 Å². The summed E-state index contributed by atoms with van der Waals surface area (Å²) >= 11 is 1.33. The quantitative estimate of drug-likeness (QED) is 0.799. The monoisotopic (exact) mass is 330 g/mol. The number of carbonyl (C=O) groups excluding carboxylic acids is 1. The molecule has 7 heteroatoms. The molecule has 0 spiro atoms. The van der Waals surface area contributed by atoms with E-state index in [1.54, 1.807) is 36.1 Å². The van der Waals surface area contributed by atoms with E-state index in [4.69, 9.17) is 0 Å². The Hall–Kier alpha value is -2.54. The van der Waals surface area contributed by atoms with E-state index in [0.29, 0.717) is 17.1 Å². The van der Waals surface area contributed by atoms with Crippen LogP contribution < -0.4 is 5.32 Å². The van der Waals surface area contributed by atoms with E-state index in [9.17, 15) is 9.18 Å². The number of nitrogens with one attached hydrogen (secondary N) is 1.